The Morgan fingerprint density at radius 2 is 1.71 bits per heavy atom. The molecule has 0 unspecified atom stereocenters. The molecule has 0 saturated carbocycles. The predicted molar refractivity (Wildman–Crippen MR) is 121 cm³/mol. The van der Waals surface area contributed by atoms with Gasteiger partial charge in [0.1, 0.15) is 16.5 Å². The zero-order chi connectivity index (χ0) is 22.0. The third-order valence-corrected chi connectivity index (χ3v) is 6.25. The number of nitrogens with one attached hydrogen (secondary N) is 2. The normalized spacial score (nSPS) is 11.3. The molecule has 2 N–H and O–H groups in total. The van der Waals surface area contributed by atoms with E-state index in [-0.39, 0.29) is 14.9 Å². The third-order valence-electron chi connectivity index (χ3n) is 4.16. The first-order chi connectivity index (χ1) is 14.8. The fourth-order valence-electron chi connectivity index (χ4n) is 2.80. The maximum absolute atomic E-state index is 12.6. The van der Waals surface area contributed by atoms with Gasteiger partial charge in [-0.1, -0.05) is 23.2 Å². The van der Waals surface area contributed by atoms with Crippen LogP contribution in [-0.2, 0) is 10.0 Å². The molecular formula is C20H16Cl2N6O2S. The van der Waals surface area contributed by atoms with Crippen molar-refractivity contribution >= 4 is 50.4 Å². The van der Waals surface area contributed by atoms with Gasteiger partial charge in [-0.25, -0.2) is 23.1 Å². The quantitative estimate of drug-likeness (QED) is 0.415. The second-order valence-corrected chi connectivity index (χ2v) is 8.99. The molecule has 2 aromatic heterocycles. The minimum atomic E-state index is -3.89. The van der Waals surface area contributed by atoms with Crippen molar-refractivity contribution in [2.75, 3.05) is 10.0 Å². The molecular weight excluding hydrogens is 459 g/mol. The van der Waals surface area contributed by atoms with E-state index in [9.17, 15) is 8.42 Å². The van der Waals surface area contributed by atoms with Crippen LogP contribution in [0, 0.1) is 6.92 Å². The third kappa shape index (κ3) is 4.96. The van der Waals surface area contributed by atoms with Gasteiger partial charge < -0.3 is 5.32 Å². The SMILES string of the molecule is Cc1nc(Nc2ccc(NS(=O)(=O)c3cc(Cl)ccc3Cl)cc2)cc(-n2cccn2)n1. The Morgan fingerprint density at radius 3 is 2.42 bits per heavy atom. The van der Waals surface area contributed by atoms with Gasteiger partial charge in [0.2, 0.25) is 0 Å². The molecule has 2 heterocycles. The van der Waals surface area contributed by atoms with Crippen molar-refractivity contribution in [3.63, 3.8) is 0 Å². The van der Waals surface area contributed by atoms with E-state index >= 15 is 0 Å². The highest BCUT2D eigenvalue weighted by Gasteiger charge is 2.18. The summed E-state index contributed by atoms with van der Waals surface area (Å²) in [5.41, 5.74) is 1.09. The molecule has 31 heavy (non-hydrogen) atoms. The van der Waals surface area contributed by atoms with Gasteiger partial charge in [-0.15, -0.1) is 0 Å². The van der Waals surface area contributed by atoms with Gasteiger partial charge in [-0.2, -0.15) is 5.10 Å². The summed E-state index contributed by atoms with van der Waals surface area (Å²) in [6.07, 6.45) is 3.46. The maximum atomic E-state index is 12.6. The number of halogens is 2. The van der Waals surface area contributed by atoms with Crippen LogP contribution in [0.4, 0.5) is 17.2 Å². The van der Waals surface area contributed by atoms with Crippen LogP contribution in [0.25, 0.3) is 5.82 Å². The molecule has 0 aliphatic rings. The second kappa shape index (κ2) is 8.54. The summed E-state index contributed by atoms with van der Waals surface area (Å²) in [7, 11) is -3.89. The first kappa shape index (κ1) is 21.1. The van der Waals surface area contributed by atoms with Crippen molar-refractivity contribution in [3.8, 4) is 5.82 Å². The molecule has 0 amide bonds. The molecule has 158 valence electrons. The van der Waals surface area contributed by atoms with E-state index in [1.807, 2.05) is 0 Å². The summed E-state index contributed by atoms with van der Waals surface area (Å²) in [6.45, 7) is 1.79. The van der Waals surface area contributed by atoms with E-state index in [1.54, 1.807) is 60.4 Å². The van der Waals surface area contributed by atoms with Crippen molar-refractivity contribution in [1.29, 1.82) is 0 Å². The fourth-order valence-corrected chi connectivity index (χ4v) is 4.62. The van der Waals surface area contributed by atoms with E-state index in [2.05, 4.69) is 25.1 Å². The van der Waals surface area contributed by atoms with Crippen molar-refractivity contribution < 1.29 is 8.42 Å². The molecule has 4 rings (SSSR count). The molecule has 0 radical (unpaired) electrons. The smallest absolute Gasteiger partial charge is 0.263 e. The monoisotopic (exact) mass is 474 g/mol. The average molecular weight is 475 g/mol. The Bertz CT molecular complexity index is 1330. The van der Waals surface area contributed by atoms with Gasteiger partial charge in [0.25, 0.3) is 10.0 Å². The molecule has 0 spiro atoms. The molecule has 0 aliphatic carbocycles. The zero-order valence-corrected chi connectivity index (χ0v) is 18.4. The molecule has 0 atom stereocenters. The van der Waals surface area contributed by atoms with Crippen LogP contribution in [0.15, 0.2) is 71.9 Å². The summed E-state index contributed by atoms with van der Waals surface area (Å²) in [5, 5.41) is 7.71. The lowest BCUT2D eigenvalue weighted by molar-refractivity contribution is 0.601. The van der Waals surface area contributed by atoms with Crippen molar-refractivity contribution in [2.45, 2.75) is 11.8 Å². The topological polar surface area (TPSA) is 102 Å². The number of sulfonamides is 1. The van der Waals surface area contributed by atoms with Gasteiger partial charge in [-0.05, 0) is 55.5 Å². The molecule has 0 fully saturated rings. The molecule has 0 saturated heterocycles. The van der Waals surface area contributed by atoms with Gasteiger partial charge in [0.15, 0.2) is 5.82 Å². The van der Waals surface area contributed by atoms with Crippen LogP contribution in [0.5, 0.6) is 0 Å². The number of hydrogen-bond donors (Lipinski definition) is 2. The Morgan fingerprint density at radius 1 is 0.968 bits per heavy atom. The largest absolute Gasteiger partial charge is 0.340 e. The van der Waals surface area contributed by atoms with E-state index in [0.29, 0.717) is 28.8 Å². The van der Waals surface area contributed by atoms with Gasteiger partial charge in [-0.3, -0.25) is 4.72 Å². The highest BCUT2D eigenvalue weighted by molar-refractivity contribution is 7.92. The van der Waals surface area contributed by atoms with Crippen LogP contribution in [-0.4, -0.2) is 28.2 Å². The molecule has 0 bridgehead atoms. The van der Waals surface area contributed by atoms with Crippen LogP contribution in [0.1, 0.15) is 5.82 Å². The maximum Gasteiger partial charge on any atom is 0.263 e. The minimum Gasteiger partial charge on any atom is -0.340 e. The van der Waals surface area contributed by atoms with Crippen LogP contribution in [0.3, 0.4) is 0 Å². The molecule has 8 nitrogen and oxygen atoms in total. The number of anilines is 3. The predicted octanol–water partition coefficient (Wildman–Crippen LogP) is 4.82. The van der Waals surface area contributed by atoms with Crippen LogP contribution < -0.4 is 10.0 Å². The molecule has 0 aliphatic heterocycles. The number of rotatable bonds is 6. The average Bonchev–Trinajstić information content (AvgIpc) is 3.26. The van der Waals surface area contributed by atoms with Crippen LogP contribution in [0.2, 0.25) is 10.0 Å². The van der Waals surface area contributed by atoms with Gasteiger partial charge >= 0.3 is 0 Å². The number of aromatic nitrogens is 4. The molecule has 4 aromatic rings. The van der Waals surface area contributed by atoms with E-state index in [4.69, 9.17) is 23.2 Å². The standard InChI is InChI=1S/C20H16Cl2N6O2S/c1-13-24-19(12-20(25-13)28-10-2-9-23-28)26-15-4-6-16(7-5-15)27-31(29,30)18-11-14(21)3-8-17(18)22/h2-12,27H,1H3,(H,24,25,26). The summed E-state index contributed by atoms with van der Waals surface area (Å²) in [4.78, 5) is 8.65. The highest BCUT2D eigenvalue weighted by Crippen LogP contribution is 2.27. The fraction of sp³-hybridized carbons (Fsp3) is 0.0500. The van der Waals surface area contributed by atoms with E-state index in [1.165, 1.54) is 18.2 Å². The summed E-state index contributed by atoms with van der Waals surface area (Å²) < 4.78 is 29.4. The first-order valence-electron chi connectivity index (χ1n) is 9.01. The Labute approximate surface area is 188 Å². The Balaban J connectivity index is 1.52. The van der Waals surface area contributed by atoms with E-state index in [0.717, 1.165) is 0 Å². The summed E-state index contributed by atoms with van der Waals surface area (Å²) >= 11 is 11.9. The lowest BCUT2D eigenvalue weighted by Crippen LogP contribution is -2.13. The Kier molecular flexibility index (Phi) is 5.81. The second-order valence-electron chi connectivity index (χ2n) is 6.49. The van der Waals surface area contributed by atoms with Crippen molar-refractivity contribution in [2.24, 2.45) is 0 Å². The van der Waals surface area contributed by atoms with Crippen molar-refractivity contribution in [1.82, 2.24) is 19.7 Å². The number of hydrogen-bond acceptors (Lipinski definition) is 6. The van der Waals surface area contributed by atoms with Crippen LogP contribution >= 0.6 is 23.2 Å². The van der Waals surface area contributed by atoms with Gasteiger partial charge in [0.05, 0.1) is 5.02 Å². The number of benzene rings is 2. The van der Waals surface area contributed by atoms with Crippen molar-refractivity contribution in [3.05, 3.63) is 82.9 Å². The van der Waals surface area contributed by atoms with Gasteiger partial charge in [0, 0.05) is 34.9 Å². The molecule has 2 aromatic carbocycles. The lowest BCUT2D eigenvalue weighted by Gasteiger charge is -2.12. The summed E-state index contributed by atoms with van der Waals surface area (Å²) in [5.74, 6) is 1.79. The first-order valence-corrected chi connectivity index (χ1v) is 11.2. The number of nitrogens with zero attached hydrogens (tertiary/aromatic N) is 4. The van der Waals surface area contributed by atoms with E-state index < -0.39 is 10.0 Å². The Hall–Kier alpha value is -3.14. The number of aryl methyl sites for hydroxylation is 1. The zero-order valence-electron chi connectivity index (χ0n) is 16.1. The molecule has 11 heteroatoms. The highest BCUT2D eigenvalue weighted by atomic mass is 35.5. The minimum absolute atomic E-state index is 0.0855. The lowest BCUT2D eigenvalue weighted by atomic mass is 10.3. The summed E-state index contributed by atoms with van der Waals surface area (Å²) in [6, 6.07) is 14.5.